The van der Waals surface area contributed by atoms with Crippen molar-refractivity contribution in [2.75, 3.05) is 37.5 Å². The van der Waals surface area contributed by atoms with Gasteiger partial charge in [-0.25, -0.2) is 4.21 Å². The Morgan fingerprint density at radius 3 is 2.82 bits per heavy atom. The topological polar surface area (TPSA) is 97.3 Å². The fraction of sp³-hybridized carbons (Fsp3) is 0.474. The summed E-state index contributed by atoms with van der Waals surface area (Å²) in [6.07, 6.45) is 9.97. The molecule has 1 aromatic heterocycles. The Hall–Kier alpha value is -3.18. The standard InChI is InChI=1S/C38H44ClN3O5S2/c1-24-6-4-8-33(46-3)30-12-9-28(30)19-42-22-38(15-5-7-26-17-29(39)11-13-31(26)38)23-47-34-14-10-27(18-32(34)42)36(43)40-49(45,21-24)41-37(44)35-16-25(2)20-48-35/h4,8,10-11,13-14,16-18,20,24,28,30,33H,5-7,9,12,15,19,21-23H2,1-3H3,(H,40,41,43,44,45)/b8-4+/t24-,28-,30+,33-,38-,49-/m0/s1. The van der Waals surface area contributed by atoms with Gasteiger partial charge in [0.05, 0.1) is 29.0 Å². The minimum absolute atomic E-state index is 0.0367. The molecule has 1 fully saturated rings. The average molecular weight is 722 g/mol. The first kappa shape index (κ1) is 34.3. The third-order valence-electron chi connectivity index (χ3n) is 10.7. The van der Waals surface area contributed by atoms with Gasteiger partial charge in [0.1, 0.15) is 15.7 Å². The lowest BCUT2D eigenvalue weighted by Crippen LogP contribution is -2.49. The highest BCUT2D eigenvalue weighted by molar-refractivity contribution is 7.92. The number of amides is 2. The van der Waals surface area contributed by atoms with Crippen LogP contribution in [0.2, 0.25) is 5.02 Å². The Morgan fingerprint density at radius 2 is 2.06 bits per heavy atom. The molecule has 2 aromatic carbocycles. The van der Waals surface area contributed by atoms with E-state index in [1.165, 1.54) is 22.5 Å². The average Bonchev–Trinajstić information content (AvgIpc) is 3.43. The number of ether oxygens (including phenoxy) is 2. The zero-order valence-corrected chi connectivity index (χ0v) is 30.7. The van der Waals surface area contributed by atoms with Crippen molar-refractivity contribution in [1.82, 2.24) is 4.72 Å². The van der Waals surface area contributed by atoms with E-state index in [0.717, 1.165) is 61.5 Å². The highest BCUT2D eigenvalue weighted by atomic mass is 35.5. The molecule has 1 spiro atoms. The van der Waals surface area contributed by atoms with Gasteiger partial charge in [-0.3, -0.25) is 14.3 Å². The predicted molar refractivity (Wildman–Crippen MR) is 196 cm³/mol. The largest absolute Gasteiger partial charge is 0.490 e. The summed E-state index contributed by atoms with van der Waals surface area (Å²) in [6.45, 7) is 5.90. The molecular weight excluding hydrogens is 678 g/mol. The molecule has 0 saturated heterocycles. The maximum atomic E-state index is 14.4. The number of carbonyl (C=O) groups excluding carboxylic acids is 2. The summed E-state index contributed by atoms with van der Waals surface area (Å²) in [6, 6.07) is 13.4. The summed E-state index contributed by atoms with van der Waals surface area (Å²) in [4.78, 5) is 30.0. The quantitative estimate of drug-likeness (QED) is 0.278. The van der Waals surface area contributed by atoms with Gasteiger partial charge in [-0.15, -0.1) is 15.7 Å². The zero-order valence-electron chi connectivity index (χ0n) is 28.3. The van der Waals surface area contributed by atoms with Crippen LogP contribution in [-0.4, -0.2) is 54.7 Å². The molecule has 3 heterocycles. The van der Waals surface area contributed by atoms with Crippen molar-refractivity contribution >= 4 is 50.4 Å². The Bertz CT molecular complexity index is 1920. The van der Waals surface area contributed by atoms with Crippen molar-refractivity contribution in [2.45, 2.75) is 63.9 Å². The third kappa shape index (κ3) is 7.07. The number of anilines is 1. The number of hydrogen-bond donors (Lipinski definition) is 1. The molecule has 2 bridgehead atoms. The van der Waals surface area contributed by atoms with Crippen LogP contribution in [-0.2, 0) is 26.5 Å². The van der Waals surface area contributed by atoms with Crippen LogP contribution in [0.25, 0.3) is 0 Å². The summed E-state index contributed by atoms with van der Waals surface area (Å²) in [5.41, 5.74) is 4.39. The Kier molecular flexibility index (Phi) is 9.69. The number of hydrogen-bond acceptors (Lipinski definition) is 7. The van der Waals surface area contributed by atoms with E-state index in [9.17, 15) is 13.8 Å². The fourth-order valence-electron chi connectivity index (χ4n) is 8.11. The van der Waals surface area contributed by atoms with Crippen LogP contribution in [0.4, 0.5) is 5.69 Å². The number of rotatable bonds is 3. The molecule has 49 heavy (non-hydrogen) atoms. The van der Waals surface area contributed by atoms with Crippen LogP contribution in [0.5, 0.6) is 5.75 Å². The first-order valence-electron chi connectivity index (χ1n) is 17.2. The van der Waals surface area contributed by atoms with Crippen molar-refractivity contribution < 1.29 is 23.3 Å². The van der Waals surface area contributed by atoms with Gasteiger partial charge < -0.3 is 14.4 Å². The predicted octanol–water partition coefficient (Wildman–Crippen LogP) is 7.77. The number of nitrogens with zero attached hydrogens (tertiary/aromatic N) is 2. The van der Waals surface area contributed by atoms with Gasteiger partial charge in [-0.1, -0.05) is 36.7 Å². The van der Waals surface area contributed by atoms with E-state index in [-0.39, 0.29) is 23.2 Å². The lowest BCUT2D eigenvalue weighted by atomic mass is 9.68. The number of fused-ring (bicyclic) bond motifs is 4. The number of aryl methyl sites for hydroxylation is 2. The van der Waals surface area contributed by atoms with Gasteiger partial charge in [0.2, 0.25) is 0 Å². The van der Waals surface area contributed by atoms with Crippen LogP contribution in [0.3, 0.4) is 0 Å². The number of carbonyl (C=O) groups is 2. The van der Waals surface area contributed by atoms with E-state index in [4.69, 9.17) is 21.1 Å². The lowest BCUT2D eigenvalue weighted by molar-refractivity contribution is 0.0131. The first-order chi connectivity index (χ1) is 23.5. The molecule has 4 aliphatic rings. The van der Waals surface area contributed by atoms with E-state index >= 15 is 0 Å². The van der Waals surface area contributed by atoms with Crippen molar-refractivity contribution in [2.24, 2.45) is 22.1 Å². The maximum absolute atomic E-state index is 14.4. The zero-order chi connectivity index (χ0) is 34.3. The van der Waals surface area contributed by atoms with Gasteiger partial charge in [-0.2, -0.15) is 0 Å². The van der Waals surface area contributed by atoms with Crippen molar-refractivity contribution in [1.29, 1.82) is 0 Å². The minimum Gasteiger partial charge on any atom is -0.490 e. The van der Waals surface area contributed by atoms with Gasteiger partial charge in [0.25, 0.3) is 11.8 Å². The molecule has 0 radical (unpaired) electrons. The number of allylic oxidation sites excluding steroid dienone is 1. The molecule has 7 rings (SSSR count). The molecular formula is C38H44ClN3O5S2. The second kappa shape index (κ2) is 13.9. The van der Waals surface area contributed by atoms with Crippen LogP contribution >= 0.6 is 22.9 Å². The van der Waals surface area contributed by atoms with Gasteiger partial charge in [-0.05, 0) is 122 Å². The van der Waals surface area contributed by atoms with Crippen molar-refractivity contribution in [3.8, 4) is 5.75 Å². The summed E-state index contributed by atoms with van der Waals surface area (Å²) >= 11 is 7.73. The van der Waals surface area contributed by atoms with Crippen LogP contribution in [0.15, 0.2) is 64.4 Å². The Morgan fingerprint density at radius 1 is 1.20 bits per heavy atom. The Labute approximate surface area is 298 Å². The molecule has 11 heteroatoms. The lowest BCUT2D eigenvalue weighted by Gasteiger charge is -2.46. The summed E-state index contributed by atoms with van der Waals surface area (Å²) in [5.74, 6) is 0.266. The maximum Gasteiger partial charge on any atom is 0.286 e. The smallest absolute Gasteiger partial charge is 0.286 e. The number of thiophene rings is 1. The van der Waals surface area contributed by atoms with E-state index in [1.54, 1.807) is 19.2 Å². The summed E-state index contributed by atoms with van der Waals surface area (Å²) < 4.78 is 34.1. The molecule has 1 N–H and O–H groups in total. The summed E-state index contributed by atoms with van der Waals surface area (Å²) in [5, 5.41) is 2.61. The molecule has 1 saturated carbocycles. The normalized spacial score (nSPS) is 30.5. The number of benzene rings is 2. The number of methoxy groups -OCH3 is 1. The highest BCUT2D eigenvalue weighted by Gasteiger charge is 2.44. The van der Waals surface area contributed by atoms with Crippen molar-refractivity contribution in [3.63, 3.8) is 0 Å². The molecule has 260 valence electrons. The fourth-order valence-corrected chi connectivity index (χ4v) is 11.0. The molecule has 8 nitrogen and oxygen atoms in total. The highest BCUT2D eigenvalue weighted by Crippen LogP contribution is 2.47. The first-order valence-corrected chi connectivity index (χ1v) is 20.2. The monoisotopic (exact) mass is 721 g/mol. The van der Waals surface area contributed by atoms with E-state index in [2.05, 4.69) is 38.3 Å². The molecule has 2 aliphatic heterocycles. The van der Waals surface area contributed by atoms with Gasteiger partial charge >= 0.3 is 0 Å². The SMILES string of the molecule is CO[C@H]1/C=C/C[C@H](C)C[S@@](=O)(NC(=O)c2cc(C)cs2)=NC(=O)c2ccc3c(c2)N(C[C@@H]2CC[C@H]21)C[C@@]1(CCCc2cc(Cl)ccc21)CO3. The third-order valence-corrected chi connectivity index (χ3v) is 14.0. The second-order valence-corrected chi connectivity index (χ2v) is 17.7. The Balaban J connectivity index is 1.31. The number of halogens is 1. The van der Waals surface area contributed by atoms with Crippen LogP contribution < -0.4 is 14.4 Å². The van der Waals surface area contributed by atoms with E-state index in [0.29, 0.717) is 41.1 Å². The van der Waals surface area contributed by atoms with Gasteiger partial charge in [0.15, 0.2) is 0 Å². The minimum atomic E-state index is -3.47. The molecule has 6 atom stereocenters. The second-order valence-electron chi connectivity index (χ2n) is 14.4. The van der Waals surface area contributed by atoms with Crippen LogP contribution in [0, 0.1) is 24.7 Å². The molecule has 0 unspecified atom stereocenters. The summed E-state index contributed by atoms with van der Waals surface area (Å²) in [7, 11) is -1.70. The van der Waals surface area contributed by atoms with Gasteiger partial charge in [0, 0.05) is 36.2 Å². The molecule has 3 aromatic rings. The van der Waals surface area contributed by atoms with Crippen LogP contribution in [0.1, 0.15) is 75.7 Å². The van der Waals surface area contributed by atoms with Crippen molar-refractivity contribution in [3.05, 3.63) is 92.2 Å². The van der Waals surface area contributed by atoms with E-state index in [1.807, 2.05) is 37.4 Å². The molecule has 2 aliphatic carbocycles. The van der Waals surface area contributed by atoms with E-state index < -0.39 is 21.7 Å². The molecule has 2 amide bonds. The number of nitrogens with one attached hydrogen (secondary N) is 1.